The average molecular weight is 307 g/mol. The molecule has 0 aliphatic carbocycles. The van der Waals surface area contributed by atoms with Crippen molar-refractivity contribution < 1.29 is 4.74 Å². The normalized spacial score (nSPS) is 12.8. The molecule has 0 heterocycles. The number of hydrogen-bond donors (Lipinski definition) is 1. The van der Waals surface area contributed by atoms with Crippen LogP contribution in [-0.2, 0) is 11.3 Å². The van der Waals surface area contributed by atoms with E-state index in [-0.39, 0.29) is 0 Å². The first-order valence-corrected chi connectivity index (χ1v) is 6.55. The lowest BCUT2D eigenvalue weighted by molar-refractivity contribution is 0.127. The molecule has 4 heteroatoms. The molecule has 0 aliphatic heterocycles. The molecule has 16 heavy (non-hydrogen) atoms. The maximum Gasteiger partial charge on any atom is 0.0616 e. The number of hydrogen-bond acceptors (Lipinski definition) is 2. The Balaban J connectivity index is 2.42. The van der Waals surface area contributed by atoms with E-state index in [2.05, 4.69) is 28.2 Å². The quantitative estimate of drug-likeness (QED) is 0.867. The van der Waals surface area contributed by atoms with E-state index in [1.165, 1.54) is 5.56 Å². The van der Waals surface area contributed by atoms with E-state index in [1.807, 2.05) is 25.1 Å². The highest BCUT2D eigenvalue weighted by Crippen LogP contribution is 2.21. The molecule has 0 radical (unpaired) electrons. The van der Waals surface area contributed by atoms with E-state index in [0.717, 1.165) is 29.3 Å². The van der Waals surface area contributed by atoms with Gasteiger partial charge >= 0.3 is 0 Å². The van der Waals surface area contributed by atoms with Crippen LogP contribution in [0.15, 0.2) is 22.7 Å². The molecule has 1 aromatic rings. The van der Waals surface area contributed by atoms with Crippen LogP contribution in [0.3, 0.4) is 0 Å². The number of ether oxygens (including phenoxy) is 1. The van der Waals surface area contributed by atoms with Crippen molar-refractivity contribution in [2.45, 2.75) is 26.4 Å². The van der Waals surface area contributed by atoms with Crippen LogP contribution in [0.25, 0.3) is 0 Å². The van der Waals surface area contributed by atoms with E-state index in [1.54, 1.807) is 0 Å². The predicted octanol–water partition coefficient (Wildman–Crippen LogP) is 3.62. The zero-order valence-electron chi connectivity index (χ0n) is 9.59. The average Bonchev–Trinajstić information content (AvgIpc) is 2.25. The summed E-state index contributed by atoms with van der Waals surface area (Å²) in [5.74, 6) is 0. The molecular formula is C12H17BrClNO. The van der Waals surface area contributed by atoms with Crippen LogP contribution in [0, 0.1) is 0 Å². The molecule has 2 nitrogen and oxygen atoms in total. The Hall–Kier alpha value is -0.0900. The summed E-state index contributed by atoms with van der Waals surface area (Å²) in [6.07, 6.45) is 0. The Morgan fingerprint density at radius 2 is 2.25 bits per heavy atom. The number of rotatable bonds is 6. The van der Waals surface area contributed by atoms with Crippen molar-refractivity contribution in [3.8, 4) is 0 Å². The van der Waals surface area contributed by atoms with Crippen molar-refractivity contribution in [3.05, 3.63) is 33.3 Å². The molecule has 0 amide bonds. The van der Waals surface area contributed by atoms with Gasteiger partial charge in [0.05, 0.1) is 6.61 Å². The highest BCUT2D eigenvalue weighted by molar-refractivity contribution is 9.10. The first-order valence-electron chi connectivity index (χ1n) is 5.38. The molecule has 0 bridgehead atoms. The van der Waals surface area contributed by atoms with Crippen molar-refractivity contribution in [1.82, 2.24) is 5.32 Å². The molecular weight excluding hydrogens is 289 g/mol. The van der Waals surface area contributed by atoms with Gasteiger partial charge in [-0.15, -0.1) is 0 Å². The van der Waals surface area contributed by atoms with Crippen molar-refractivity contribution in [3.63, 3.8) is 0 Å². The van der Waals surface area contributed by atoms with Crippen LogP contribution in [0.5, 0.6) is 0 Å². The molecule has 90 valence electrons. The minimum absolute atomic E-state index is 0.350. The third-order valence-corrected chi connectivity index (χ3v) is 3.20. The fourth-order valence-corrected chi connectivity index (χ4v) is 2.13. The van der Waals surface area contributed by atoms with Crippen LogP contribution in [0.1, 0.15) is 19.4 Å². The fraction of sp³-hybridized carbons (Fsp3) is 0.500. The highest BCUT2D eigenvalue weighted by Gasteiger charge is 2.04. The van der Waals surface area contributed by atoms with Gasteiger partial charge in [-0.2, -0.15) is 0 Å². The standard InChI is InChI=1S/C12H17BrClNO/c1-3-16-8-9(2)15-7-10-4-5-11(14)6-12(10)13/h4-6,9,15H,3,7-8H2,1-2H3. The minimum atomic E-state index is 0.350. The summed E-state index contributed by atoms with van der Waals surface area (Å²) in [5, 5.41) is 4.14. The Kier molecular flexibility index (Phi) is 6.36. The topological polar surface area (TPSA) is 21.3 Å². The zero-order valence-corrected chi connectivity index (χ0v) is 11.9. The largest absolute Gasteiger partial charge is 0.380 e. The van der Waals surface area contributed by atoms with Crippen LogP contribution in [0.2, 0.25) is 5.02 Å². The molecule has 0 aromatic heterocycles. The third kappa shape index (κ3) is 4.83. The van der Waals surface area contributed by atoms with Gasteiger partial charge in [-0.05, 0) is 31.5 Å². The molecule has 0 aliphatic rings. The minimum Gasteiger partial charge on any atom is -0.380 e. The predicted molar refractivity (Wildman–Crippen MR) is 71.9 cm³/mol. The fourth-order valence-electron chi connectivity index (χ4n) is 1.30. The molecule has 1 rings (SSSR count). The van der Waals surface area contributed by atoms with Gasteiger partial charge in [0.2, 0.25) is 0 Å². The first kappa shape index (κ1) is 14.0. The van der Waals surface area contributed by atoms with Crippen molar-refractivity contribution in [2.75, 3.05) is 13.2 Å². The number of benzene rings is 1. The van der Waals surface area contributed by atoms with Gasteiger partial charge in [-0.1, -0.05) is 33.6 Å². The summed E-state index contributed by atoms with van der Waals surface area (Å²) in [4.78, 5) is 0. The van der Waals surface area contributed by atoms with E-state index >= 15 is 0 Å². The van der Waals surface area contributed by atoms with Gasteiger partial charge in [0.25, 0.3) is 0 Å². The molecule has 1 N–H and O–H groups in total. The summed E-state index contributed by atoms with van der Waals surface area (Å²) in [6, 6.07) is 6.18. The van der Waals surface area contributed by atoms with Crippen molar-refractivity contribution in [1.29, 1.82) is 0 Å². The van der Waals surface area contributed by atoms with E-state index in [0.29, 0.717) is 6.04 Å². The Labute approximate surface area is 110 Å². The summed E-state index contributed by atoms with van der Waals surface area (Å²) in [6.45, 7) is 6.42. The van der Waals surface area contributed by atoms with Crippen LogP contribution in [0.4, 0.5) is 0 Å². The van der Waals surface area contributed by atoms with Gasteiger partial charge in [-0.25, -0.2) is 0 Å². The van der Waals surface area contributed by atoms with Gasteiger partial charge in [0, 0.05) is 28.7 Å². The second kappa shape index (κ2) is 7.28. The SMILES string of the molecule is CCOCC(C)NCc1ccc(Cl)cc1Br. The van der Waals surface area contributed by atoms with E-state index in [4.69, 9.17) is 16.3 Å². The maximum absolute atomic E-state index is 5.88. The second-order valence-electron chi connectivity index (χ2n) is 3.68. The summed E-state index contributed by atoms with van der Waals surface area (Å²) >= 11 is 9.37. The smallest absolute Gasteiger partial charge is 0.0616 e. The second-order valence-corrected chi connectivity index (χ2v) is 4.97. The Morgan fingerprint density at radius 1 is 1.50 bits per heavy atom. The lowest BCUT2D eigenvalue weighted by atomic mass is 10.2. The van der Waals surface area contributed by atoms with Crippen molar-refractivity contribution in [2.24, 2.45) is 0 Å². The lowest BCUT2D eigenvalue weighted by Gasteiger charge is -2.14. The molecule has 1 unspecified atom stereocenters. The van der Waals surface area contributed by atoms with E-state index in [9.17, 15) is 0 Å². The maximum atomic E-state index is 5.88. The molecule has 0 spiro atoms. The number of halogens is 2. The van der Waals surface area contributed by atoms with Crippen LogP contribution in [-0.4, -0.2) is 19.3 Å². The summed E-state index contributed by atoms with van der Waals surface area (Å²) in [5.41, 5.74) is 1.20. The Morgan fingerprint density at radius 3 is 2.88 bits per heavy atom. The monoisotopic (exact) mass is 305 g/mol. The van der Waals surface area contributed by atoms with Gasteiger partial charge in [-0.3, -0.25) is 0 Å². The molecule has 1 aromatic carbocycles. The van der Waals surface area contributed by atoms with Gasteiger partial charge in [0.15, 0.2) is 0 Å². The van der Waals surface area contributed by atoms with E-state index < -0.39 is 0 Å². The van der Waals surface area contributed by atoms with Gasteiger partial charge < -0.3 is 10.1 Å². The molecule has 1 atom stereocenters. The van der Waals surface area contributed by atoms with Crippen molar-refractivity contribution >= 4 is 27.5 Å². The highest BCUT2D eigenvalue weighted by atomic mass is 79.9. The molecule has 0 fully saturated rings. The lowest BCUT2D eigenvalue weighted by Crippen LogP contribution is -2.30. The zero-order chi connectivity index (χ0) is 12.0. The molecule has 0 saturated carbocycles. The first-order chi connectivity index (χ1) is 7.63. The van der Waals surface area contributed by atoms with Gasteiger partial charge in [0.1, 0.15) is 0 Å². The Bertz CT molecular complexity index is 333. The molecule has 0 saturated heterocycles. The number of nitrogens with one attached hydrogen (secondary N) is 1. The van der Waals surface area contributed by atoms with Crippen LogP contribution >= 0.6 is 27.5 Å². The van der Waals surface area contributed by atoms with Crippen LogP contribution < -0.4 is 5.32 Å². The third-order valence-electron chi connectivity index (χ3n) is 2.23. The summed E-state index contributed by atoms with van der Waals surface area (Å²) in [7, 11) is 0. The summed E-state index contributed by atoms with van der Waals surface area (Å²) < 4.78 is 6.38.